The van der Waals surface area contributed by atoms with Gasteiger partial charge < -0.3 is 5.32 Å². The standard InChI is InChI=1S/C8H9N5O4S/c9-5-6-1-2-11-8(7(6)13(14)15)12-3-4-18(10,16)17/h1-2H,3-4H2,(H,11,12)(H2,10,16,17). The van der Waals surface area contributed by atoms with Crippen LogP contribution in [0.3, 0.4) is 0 Å². The van der Waals surface area contributed by atoms with E-state index in [1.54, 1.807) is 6.07 Å². The van der Waals surface area contributed by atoms with Crippen LogP contribution in [0.1, 0.15) is 5.56 Å². The molecule has 1 rings (SSSR count). The Labute approximate surface area is 102 Å². The van der Waals surface area contributed by atoms with Crippen molar-refractivity contribution in [3.63, 3.8) is 0 Å². The van der Waals surface area contributed by atoms with Crippen LogP contribution >= 0.6 is 0 Å². The summed E-state index contributed by atoms with van der Waals surface area (Å²) in [4.78, 5) is 13.7. The Balaban J connectivity index is 2.96. The molecule has 3 N–H and O–H groups in total. The molecular formula is C8H9N5O4S. The number of sulfonamides is 1. The molecule has 0 aliphatic rings. The quantitative estimate of drug-likeness (QED) is 0.543. The monoisotopic (exact) mass is 271 g/mol. The fourth-order valence-corrected chi connectivity index (χ4v) is 1.56. The number of hydrogen-bond donors (Lipinski definition) is 2. The van der Waals surface area contributed by atoms with Crippen LogP contribution in [0.25, 0.3) is 0 Å². The molecule has 9 nitrogen and oxygen atoms in total. The number of nitriles is 1. The number of aromatic nitrogens is 1. The summed E-state index contributed by atoms with van der Waals surface area (Å²) in [5, 5.41) is 26.8. The number of nitrogens with zero attached hydrogens (tertiary/aromatic N) is 3. The van der Waals surface area contributed by atoms with Crippen LogP contribution < -0.4 is 10.5 Å². The normalized spacial score (nSPS) is 10.7. The lowest BCUT2D eigenvalue weighted by Crippen LogP contribution is -2.23. The molecule has 1 heterocycles. The molecule has 0 bridgehead atoms. The topological polar surface area (TPSA) is 152 Å². The van der Waals surface area contributed by atoms with Crippen molar-refractivity contribution in [2.24, 2.45) is 5.14 Å². The van der Waals surface area contributed by atoms with E-state index in [-0.39, 0.29) is 17.9 Å². The molecule has 96 valence electrons. The smallest absolute Gasteiger partial charge is 0.328 e. The van der Waals surface area contributed by atoms with E-state index in [0.29, 0.717) is 0 Å². The van der Waals surface area contributed by atoms with E-state index in [9.17, 15) is 18.5 Å². The van der Waals surface area contributed by atoms with Gasteiger partial charge in [-0.3, -0.25) is 10.1 Å². The molecule has 0 fully saturated rings. The second-order valence-corrected chi connectivity index (χ2v) is 4.95. The van der Waals surface area contributed by atoms with Gasteiger partial charge in [0.25, 0.3) is 0 Å². The molecule has 10 heteroatoms. The molecule has 1 aromatic heterocycles. The third-order valence-electron chi connectivity index (χ3n) is 1.91. The van der Waals surface area contributed by atoms with E-state index in [1.165, 1.54) is 12.3 Å². The van der Waals surface area contributed by atoms with Gasteiger partial charge in [-0.05, 0) is 6.07 Å². The number of anilines is 1. The second kappa shape index (κ2) is 5.39. The minimum absolute atomic E-state index is 0.137. The first-order chi connectivity index (χ1) is 8.35. The van der Waals surface area contributed by atoms with Gasteiger partial charge in [0, 0.05) is 12.7 Å². The molecule has 0 aliphatic carbocycles. The first-order valence-corrected chi connectivity index (χ1v) is 6.34. The highest BCUT2D eigenvalue weighted by Crippen LogP contribution is 2.25. The Kier molecular flexibility index (Phi) is 4.13. The first-order valence-electron chi connectivity index (χ1n) is 4.63. The fraction of sp³-hybridized carbons (Fsp3) is 0.250. The summed E-state index contributed by atoms with van der Waals surface area (Å²) in [5.74, 6) is -0.564. The van der Waals surface area contributed by atoms with Crippen LogP contribution in [0.5, 0.6) is 0 Å². The molecule has 1 aromatic rings. The lowest BCUT2D eigenvalue weighted by atomic mass is 10.2. The van der Waals surface area contributed by atoms with Gasteiger partial charge in [0.2, 0.25) is 15.8 Å². The first kappa shape index (κ1) is 13.8. The maximum absolute atomic E-state index is 10.8. The maximum Gasteiger partial charge on any atom is 0.328 e. The van der Waals surface area contributed by atoms with E-state index in [4.69, 9.17) is 10.4 Å². The van der Waals surface area contributed by atoms with E-state index >= 15 is 0 Å². The summed E-state index contributed by atoms with van der Waals surface area (Å²) in [6.07, 6.45) is 1.21. The van der Waals surface area contributed by atoms with Crippen molar-refractivity contribution in [2.75, 3.05) is 17.6 Å². The van der Waals surface area contributed by atoms with Crippen LogP contribution in [0.15, 0.2) is 12.3 Å². The molecule has 0 saturated heterocycles. The average molecular weight is 271 g/mol. The van der Waals surface area contributed by atoms with Crippen molar-refractivity contribution in [1.82, 2.24) is 4.98 Å². The van der Waals surface area contributed by atoms with Gasteiger partial charge >= 0.3 is 5.69 Å². The highest BCUT2D eigenvalue weighted by Gasteiger charge is 2.21. The Hall–Kier alpha value is -2.25. The number of nitrogens with one attached hydrogen (secondary N) is 1. The zero-order chi connectivity index (χ0) is 13.8. The van der Waals surface area contributed by atoms with Gasteiger partial charge in [-0.1, -0.05) is 0 Å². The summed E-state index contributed by atoms with van der Waals surface area (Å²) >= 11 is 0. The number of hydrogen-bond acceptors (Lipinski definition) is 7. The zero-order valence-corrected chi connectivity index (χ0v) is 9.85. The van der Waals surface area contributed by atoms with Crippen molar-refractivity contribution in [3.05, 3.63) is 27.9 Å². The summed E-state index contributed by atoms with van der Waals surface area (Å²) in [7, 11) is -3.67. The Bertz CT molecular complexity index is 606. The number of nitrogens with two attached hydrogens (primary N) is 1. The molecule has 0 saturated carbocycles. The summed E-state index contributed by atoms with van der Waals surface area (Å²) in [6, 6.07) is 2.86. The average Bonchev–Trinajstić information content (AvgIpc) is 2.26. The van der Waals surface area contributed by atoms with Crippen LogP contribution in [-0.2, 0) is 10.0 Å². The largest absolute Gasteiger partial charge is 0.363 e. The Morgan fingerprint density at radius 3 is 2.78 bits per heavy atom. The molecule has 0 unspecified atom stereocenters. The van der Waals surface area contributed by atoms with Crippen molar-refractivity contribution in [1.29, 1.82) is 5.26 Å². The highest BCUT2D eigenvalue weighted by atomic mass is 32.2. The van der Waals surface area contributed by atoms with Crippen molar-refractivity contribution >= 4 is 21.5 Å². The van der Waals surface area contributed by atoms with Crippen LogP contribution in [0, 0.1) is 21.4 Å². The van der Waals surface area contributed by atoms with Crippen LogP contribution in [0.2, 0.25) is 0 Å². The van der Waals surface area contributed by atoms with Gasteiger partial charge in [-0.15, -0.1) is 0 Å². The minimum atomic E-state index is -3.67. The SMILES string of the molecule is N#Cc1ccnc(NCCS(N)(=O)=O)c1[N+](=O)[O-]. The minimum Gasteiger partial charge on any atom is -0.363 e. The molecule has 0 atom stereocenters. The fourth-order valence-electron chi connectivity index (χ4n) is 1.17. The summed E-state index contributed by atoms with van der Waals surface area (Å²) in [6.45, 7) is -0.137. The maximum atomic E-state index is 10.8. The van der Waals surface area contributed by atoms with Gasteiger partial charge in [0.15, 0.2) is 0 Å². The second-order valence-electron chi connectivity index (χ2n) is 3.22. The number of primary sulfonamides is 1. The van der Waals surface area contributed by atoms with E-state index < -0.39 is 26.4 Å². The molecular weight excluding hydrogens is 262 g/mol. The van der Waals surface area contributed by atoms with E-state index in [0.717, 1.165) is 0 Å². The van der Waals surface area contributed by atoms with Crippen LogP contribution in [0.4, 0.5) is 11.5 Å². The molecule has 18 heavy (non-hydrogen) atoms. The summed E-state index contributed by atoms with van der Waals surface area (Å²) < 4.78 is 21.4. The number of rotatable bonds is 5. The lowest BCUT2D eigenvalue weighted by Gasteiger charge is -2.05. The third kappa shape index (κ3) is 3.65. The number of pyridine rings is 1. The molecule has 0 radical (unpaired) electrons. The van der Waals surface area contributed by atoms with E-state index in [1.807, 2.05) is 0 Å². The van der Waals surface area contributed by atoms with Gasteiger partial charge in [-0.2, -0.15) is 5.26 Å². The third-order valence-corrected chi connectivity index (χ3v) is 2.68. The zero-order valence-electron chi connectivity index (χ0n) is 9.03. The Morgan fingerprint density at radius 1 is 1.61 bits per heavy atom. The molecule has 0 amide bonds. The summed E-state index contributed by atoms with van der Waals surface area (Å²) in [5.41, 5.74) is -0.650. The predicted octanol–water partition coefficient (Wildman–Crippen LogP) is -0.438. The van der Waals surface area contributed by atoms with E-state index in [2.05, 4.69) is 10.3 Å². The van der Waals surface area contributed by atoms with Gasteiger partial charge in [0.1, 0.15) is 11.6 Å². The molecule has 0 spiro atoms. The van der Waals surface area contributed by atoms with Gasteiger partial charge in [0.05, 0.1) is 10.7 Å². The molecule has 0 aliphatic heterocycles. The number of nitro groups is 1. The van der Waals surface area contributed by atoms with Crippen molar-refractivity contribution in [3.8, 4) is 6.07 Å². The van der Waals surface area contributed by atoms with Crippen LogP contribution in [-0.4, -0.2) is 30.6 Å². The van der Waals surface area contributed by atoms with Gasteiger partial charge in [-0.25, -0.2) is 18.5 Å². The lowest BCUT2D eigenvalue weighted by molar-refractivity contribution is -0.384. The Morgan fingerprint density at radius 2 is 2.28 bits per heavy atom. The van der Waals surface area contributed by atoms with Crippen molar-refractivity contribution in [2.45, 2.75) is 0 Å². The predicted molar refractivity (Wildman–Crippen MR) is 62.1 cm³/mol. The van der Waals surface area contributed by atoms with Crippen molar-refractivity contribution < 1.29 is 13.3 Å². The molecule has 0 aromatic carbocycles. The highest BCUT2D eigenvalue weighted by molar-refractivity contribution is 7.89.